The van der Waals surface area contributed by atoms with Crippen LogP contribution in [0.1, 0.15) is 55.3 Å². The summed E-state index contributed by atoms with van der Waals surface area (Å²) in [5.74, 6) is -1.57. The third-order valence-corrected chi connectivity index (χ3v) is 10.8. The minimum absolute atomic E-state index is 0.294. The lowest BCUT2D eigenvalue weighted by atomic mass is 9.97. The van der Waals surface area contributed by atoms with Gasteiger partial charge in [-0.25, -0.2) is 9.80 Å². The number of benzene rings is 6. The molecular formula is C44H30N4O4. The van der Waals surface area contributed by atoms with Gasteiger partial charge in [-0.2, -0.15) is 0 Å². The molecule has 0 spiro atoms. The Kier molecular flexibility index (Phi) is 6.27. The summed E-state index contributed by atoms with van der Waals surface area (Å²) in [6.07, 6.45) is 0. The minimum atomic E-state index is -0.404. The highest BCUT2D eigenvalue weighted by Crippen LogP contribution is 2.39. The SMILES string of the molecule is CCn1c2ccccc2c2cc(N3C(=O)c4ccc(-c5ccc6c(c5)C(=O)N(c5ccc7c(c5)c5ccccc5n7CC)C6=O)cc4C3=O)ccc21. The molecule has 0 radical (unpaired) electrons. The number of imide groups is 2. The second-order valence-electron chi connectivity index (χ2n) is 13.3. The molecule has 250 valence electrons. The molecule has 52 heavy (non-hydrogen) atoms. The number of hydrogen-bond donors (Lipinski definition) is 0. The van der Waals surface area contributed by atoms with Gasteiger partial charge in [0.2, 0.25) is 0 Å². The van der Waals surface area contributed by atoms with Crippen molar-refractivity contribution >= 4 is 78.6 Å². The number of para-hydroxylation sites is 2. The summed E-state index contributed by atoms with van der Waals surface area (Å²) < 4.78 is 4.45. The maximum absolute atomic E-state index is 13.9. The molecule has 0 fully saturated rings. The van der Waals surface area contributed by atoms with E-state index in [1.807, 2.05) is 60.7 Å². The molecule has 8 heteroatoms. The Morgan fingerprint density at radius 1 is 0.385 bits per heavy atom. The van der Waals surface area contributed by atoms with E-state index < -0.39 is 11.8 Å². The molecule has 8 aromatic rings. The van der Waals surface area contributed by atoms with E-state index in [-0.39, 0.29) is 11.8 Å². The van der Waals surface area contributed by atoms with Crippen molar-refractivity contribution in [1.82, 2.24) is 9.13 Å². The van der Waals surface area contributed by atoms with Gasteiger partial charge < -0.3 is 9.13 Å². The molecule has 0 atom stereocenters. The van der Waals surface area contributed by atoms with Crippen LogP contribution >= 0.6 is 0 Å². The number of hydrogen-bond acceptors (Lipinski definition) is 4. The van der Waals surface area contributed by atoms with Crippen molar-refractivity contribution in [1.29, 1.82) is 0 Å². The molecule has 6 aromatic carbocycles. The highest BCUT2D eigenvalue weighted by molar-refractivity contribution is 6.36. The molecule has 4 amide bonds. The van der Waals surface area contributed by atoms with Crippen LogP contribution in [-0.4, -0.2) is 32.8 Å². The van der Waals surface area contributed by atoms with E-state index in [9.17, 15) is 19.2 Å². The molecular weight excluding hydrogens is 649 g/mol. The van der Waals surface area contributed by atoms with E-state index in [1.54, 1.807) is 36.4 Å². The van der Waals surface area contributed by atoms with Gasteiger partial charge in [0.05, 0.1) is 33.6 Å². The summed E-state index contributed by atoms with van der Waals surface area (Å²) in [7, 11) is 0. The number of amides is 4. The van der Waals surface area contributed by atoms with Crippen molar-refractivity contribution in [2.45, 2.75) is 26.9 Å². The Morgan fingerprint density at radius 3 is 1.19 bits per heavy atom. The fourth-order valence-electron chi connectivity index (χ4n) is 8.35. The van der Waals surface area contributed by atoms with Crippen LogP contribution in [0.5, 0.6) is 0 Å². The molecule has 0 saturated heterocycles. The molecule has 2 aliphatic heterocycles. The van der Waals surface area contributed by atoms with Crippen molar-refractivity contribution in [3.8, 4) is 11.1 Å². The van der Waals surface area contributed by atoms with Gasteiger partial charge >= 0.3 is 0 Å². The Labute approximate surface area is 297 Å². The monoisotopic (exact) mass is 678 g/mol. The van der Waals surface area contributed by atoms with Crippen LogP contribution in [0.25, 0.3) is 54.7 Å². The second-order valence-corrected chi connectivity index (χ2v) is 13.3. The van der Waals surface area contributed by atoms with Crippen LogP contribution < -0.4 is 9.80 Å². The summed E-state index contributed by atoms with van der Waals surface area (Å²) in [5, 5.41) is 4.08. The van der Waals surface area contributed by atoms with Crippen molar-refractivity contribution < 1.29 is 19.2 Å². The molecule has 4 heterocycles. The standard InChI is InChI=1S/C44H30N4O4/c1-3-45-37-11-7-5-9-29(37)33-23-27(15-19-39(33)45)47-41(49)31-17-13-25(21-35(31)43(47)51)26-14-18-32-36(22-26)44(52)48(42(32)50)28-16-20-40-34(24-28)30-10-6-8-12-38(30)46(40)4-2/h5-24H,3-4H2,1-2H3. The lowest BCUT2D eigenvalue weighted by Crippen LogP contribution is -2.29. The van der Waals surface area contributed by atoms with Gasteiger partial charge in [-0.3, -0.25) is 19.2 Å². The Hall–Kier alpha value is -6.80. The van der Waals surface area contributed by atoms with Crippen LogP contribution in [0, 0.1) is 0 Å². The molecule has 2 aromatic heterocycles. The van der Waals surface area contributed by atoms with Crippen molar-refractivity contribution in [2.24, 2.45) is 0 Å². The molecule has 0 N–H and O–H groups in total. The zero-order valence-corrected chi connectivity index (χ0v) is 28.4. The third-order valence-electron chi connectivity index (χ3n) is 10.8. The largest absolute Gasteiger partial charge is 0.341 e. The number of carbonyl (C=O) groups is 4. The lowest BCUT2D eigenvalue weighted by molar-refractivity contribution is 0.0910. The maximum atomic E-state index is 13.9. The molecule has 0 aliphatic carbocycles. The van der Waals surface area contributed by atoms with Gasteiger partial charge in [0, 0.05) is 56.7 Å². The van der Waals surface area contributed by atoms with Gasteiger partial charge in [0.1, 0.15) is 0 Å². The average molecular weight is 679 g/mol. The summed E-state index contributed by atoms with van der Waals surface area (Å²) in [5.41, 5.74) is 7.87. The first kappa shape index (κ1) is 30.1. The first-order valence-electron chi connectivity index (χ1n) is 17.5. The molecule has 0 bridgehead atoms. The zero-order valence-electron chi connectivity index (χ0n) is 28.4. The Morgan fingerprint density at radius 2 is 0.769 bits per heavy atom. The molecule has 2 aliphatic rings. The number of aryl methyl sites for hydroxylation is 2. The number of rotatable bonds is 5. The summed E-state index contributed by atoms with van der Waals surface area (Å²) >= 11 is 0. The van der Waals surface area contributed by atoms with Crippen LogP contribution in [-0.2, 0) is 13.1 Å². The van der Waals surface area contributed by atoms with E-state index in [1.165, 1.54) is 9.80 Å². The van der Waals surface area contributed by atoms with Gasteiger partial charge in [0.25, 0.3) is 23.6 Å². The topological polar surface area (TPSA) is 84.6 Å². The van der Waals surface area contributed by atoms with Crippen LogP contribution in [0.4, 0.5) is 11.4 Å². The summed E-state index contributed by atoms with van der Waals surface area (Å²) in [6, 6.07) is 38.0. The predicted octanol–water partition coefficient (Wildman–Crippen LogP) is 9.21. The van der Waals surface area contributed by atoms with E-state index in [2.05, 4.69) is 47.2 Å². The van der Waals surface area contributed by atoms with Gasteiger partial charge in [-0.1, -0.05) is 48.5 Å². The predicted molar refractivity (Wildman–Crippen MR) is 204 cm³/mol. The van der Waals surface area contributed by atoms with Crippen molar-refractivity contribution in [3.63, 3.8) is 0 Å². The summed E-state index contributed by atoms with van der Waals surface area (Å²) in [6.45, 7) is 5.78. The number of anilines is 2. The maximum Gasteiger partial charge on any atom is 0.266 e. The van der Waals surface area contributed by atoms with E-state index in [0.717, 1.165) is 56.7 Å². The molecule has 8 nitrogen and oxygen atoms in total. The Balaban J connectivity index is 0.987. The minimum Gasteiger partial charge on any atom is -0.341 e. The van der Waals surface area contributed by atoms with Crippen molar-refractivity contribution in [2.75, 3.05) is 9.80 Å². The fraction of sp³-hybridized carbons (Fsp3) is 0.0909. The quantitative estimate of drug-likeness (QED) is 0.170. The number of aromatic nitrogens is 2. The van der Waals surface area contributed by atoms with E-state index in [4.69, 9.17) is 0 Å². The zero-order chi connectivity index (χ0) is 35.4. The lowest BCUT2D eigenvalue weighted by Gasteiger charge is -2.14. The highest BCUT2D eigenvalue weighted by Gasteiger charge is 2.39. The fourth-order valence-corrected chi connectivity index (χ4v) is 8.35. The first-order chi connectivity index (χ1) is 25.4. The number of carbonyl (C=O) groups excluding carboxylic acids is 4. The molecule has 0 saturated carbocycles. The number of nitrogens with zero attached hydrogens (tertiary/aromatic N) is 4. The Bertz CT molecular complexity index is 2730. The van der Waals surface area contributed by atoms with Crippen LogP contribution in [0.3, 0.4) is 0 Å². The second kappa shape index (κ2) is 10.8. The summed E-state index contributed by atoms with van der Waals surface area (Å²) in [4.78, 5) is 57.7. The highest BCUT2D eigenvalue weighted by atomic mass is 16.2. The van der Waals surface area contributed by atoms with Crippen LogP contribution in [0.2, 0.25) is 0 Å². The van der Waals surface area contributed by atoms with E-state index >= 15 is 0 Å². The smallest absolute Gasteiger partial charge is 0.266 e. The van der Waals surface area contributed by atoms with Crippen molar-refractivity contribution in [3.05, 3.63) is 144 Å². The van der Waals surface area contributed by atoms with E-state index in [0.29, 0.717) is 44.8 Å². The van der Waals surface area contributed by atoms with Gasteiger partial charge in [0.15, 0.2) is 0 Å². The molecule has 10 rings (SSSR count). The average Bonchev–Trinajstić information content (AvgIpc) is 3.84. The normalized spacial score (nSPS) is 14.2. The van der Waals surface area contributed by atoms with Crippen LogP contribution in [0.15, 0.2) is 121 Å². The van der Waals surface area contributed by atoms with Gasteiger partial charge in [-0.05, 0) is 97.8 Å². The molecule has 0 unspecified atom stereocenters. The number of fused-ring (bicyclic) bond motifs is 8. The van der Waals surface area contributed by atoms with Gasteiger partial charge in [-0.15, -0.1) is 0 Å². The third kappa shape index (κ3) is 3.97. The first-order valence-corrected chi connectivity index (χ1v) is 17.5.